The van der Waals surface area contributed by atoms with E-state index < -0.39 is 0 Å². The maximum atomic E-state index is 12.9. The smallest absolute Gasteiger partial charge is 0.276 e. The number of H-pyrrole nitrogens is 1. The van der Waals surface area contributed by atoms with Gasteiger partial charge in [-0.1, -0.05) is 30.3 Å². The number of carbonyl (C=O) groups excluding carboxylic acids is 1. The molecule has 0 unspecified atom stereocenters. The van der Waals surface area contributed by atoms with Crippen LogP contribution in [0.25, 0.3) is 5.65 Å². The molecule has 0 aliphatic carbocycles. The molecule has 2 aromatic heterocycles. The van der Waals surface area contributed by atoms with E-state index in [4.69, 9.17) is 0 Å². The Bertz CT molecular complexity index is 974. The number of aryl methyl sites for hydroxylation is 1. The van der Waals surface area contributed by atoms with E-state index in [0.29, 0.717) is 16.9 Å². The van der Waals surface area contributed by atoms with Crippen LogP contribution in [0.5, 0.6) is 0 Å². The molecule has 0 saturated carbocycles. The fraction of sp³-hybridized carbons (Fsp3) is 0.316. The maximum Gasteiger partial charge on any atom is 0.276 e. The molecule has 1 amide bonds. The minimum absolute atomic E-state index is 0.0140. The molecule has 0 bridgehead atoms. The lowest BCUT2D eigenvalue weighted by Gasteiger charge is -2.25. The highest BCUT2D eigenvalue weighted by molar-refractivity contribution is 5.79. The van der Waals surface area contributed by atoms with Crippen LogP contribution >= 0.6 is 0 Å². The molecule has 6 heteroatoms. The Morgan fingerprint density at radius 3 is 2.88 bits per heavy atom. The van der Waals surface area contributed by atoms with Crippen molar-refractivity contribution in [2.45, 2.75) is 32.2 Å². The molecule has 1 atom stereocenters. The van der Waals surface area contributed by atoms with Crippen LogP contribution < -0.4 is 5.56 Å². The van der Waals surface area contributed by atoms with E-state index in [9.17, 15) is 9.59 Å². The van der Waals surface area contributed by atoms with E-state index >= 15 is 0 Å². The summed E-state index contributed by atoms with van der Waals surface area (Å²) >= 11 is 0. The van der Waals surface area contributed by atoms with Crippen molar-refractivity contribution in [1.82, 2.24) is 19.5 Å². The third-order valence-electron chi connectivity index (χ3n) is 4.93. The fourth-order valence-electron chi connectivity index (χ4n) is 3.65. The second-order valence-corrected chi connectivity index (χ2v) is 6.47. The van der Waals surface area contributed by atoms with Crippen LogP contribution in [-0.2, 0) is 11.2 Å². The monoisotopic (exact) mass is 336 g/mol. The summed E-state index contributed by atoms with van der Waals surface area (Å²) in [6.45, 7) is 2.52. The molecule has 0 radical (unpaired) electrons. The Balaban J connectivity index is 1.63. The first-order valence-electron chi connectivity index (χ1n) is 8.55. The zero-order valence-electron chi connectivity index (χ0n) is 14.1. The summed E-state index contributed by atoms with van der Waals surface area (Å²) in [6.07, 6.45) is 3.70. The van der Waals surface area contributed by atoms with Crippen molar-refractivity contribution in [3.63, 3.8) is 0 Å². The number of hydrogen-bond acceptors (Lipinski definition) is 3. The van der Waals surface area contributed by atoms with Gasteiger partial charge in [-0.05, 0) is 25.3 Å². The average Bonchev–Trinajstić information content (AvgIpc) is 3.28. The molecule has 128 valence electrons. The summed E-state index contributed by atoms with van der Waals surface area (Å²) < 4.78 is 1.38. The number of aromatic amines is 1. The molecule has 1 aromatic carbocycles. The number of likely N-dealkylation sites (tertiary alicyclic amines) is 1. The van der Waals surface area contributed by atoms with Gasteiger partial charge in [0.2, 0.25) is 5.91 Å². The van der Waals surface area contributed by atoms with Gasteiger partial charge in [-0.2, -0.15) is 0 Å². The van der Waals surface area contributed by atoms with E-state index in [1.165, 1.54) is 4.52 Å². The Morgan fingerprint density at radius 2 is 2.08 bits per heavy atom. The third-order valence-corrected chi connectivity index (χ3v) is 4.93. The predicted molar refractivity (Wildman–Crippen MR) is 94.4 cm³/mol. The maximum absolute atomic E-state index is 12.9. The van der Waals surface area contributed by atoms with Crippen molar-refractivity contribution in [2.24, 2.45) is 0 Å². The molecular weight excluding hydrogens is 316 g/mol. The zero-order valence-corrected chi connectivity index (χ0v) is 14.1. The van der Waals surface area contributed by atoms with Gasteiger partial charge < -0.3 is 4.90 Å². The zero-order chi connectivity index (χ0) is 17.4. The minimum Gasteiger partial charge on any atom is -0.335 e. The van der Waals surface area contributed by atoms with Crippen LogP contribution in [0.2, 0.25) is 0 Å². The number of nitrogens with zero attached hydrogens (tertiary/aromatic N) is 3. The van der Waals surface area contributed by atoms with E-state index in [1.54, 1.807) is 19.2 Å². The second kappa shape index (κ2) is 6.20. The lowest BCUT2D eigenvalue weighted by atomic mass is 10.0. The predicted octanol–water partition coefficient (Wildman–Crippen LogP) is 2.24. The SMILES string of the molecule is Cc1nc2cc[nH]n2c(=O)c1CC(=O)N1CCC[C@@H]1c1ccccc1. The van der Waals surface area contributed by atoms with Gasteiger partial charge in [0.15, 0.2) is 5.65 Å². The molecule has 6 nitrogen and oxygen atoms in total. The molecular formula is C19H20N4O2. The summed E-state index contributed by atoms with van der Waals surface area (Å²) in [5.41, 5.74) is 2.61. The third kappa shape index (κ3) is 2.73. The van der Waals surface area contributed by atoms with Crippen LogP contribution in [0.3, 0.4) is 0 Å². The first-order chi connectivity index (χ1) is 12.1. The van der Waals surface area contributed by atoms with Gasteiger partial charge in [0.05, 0.1) is 12.5 Å². The van der Waals surface area contributed by atoms with E-state index in [1.807, 2.05) is 23.1 Å². The van der Waals surface area contributed by atoms with Crippen LogP contribution in [-0.4, -0.2) is 31.9 Å². The van der Waals surface area contributed by atoms with Crippen LogP contribution in [0.1, 0.15) is 35.7 Å². The van der Waals surface area contributed by atoms with Crippen molar-refractivity contribution in [2.75, 3.05) is 6.54 Å². The van der Waals surface area contributed by atoms with Gasteiger partial charge in [0.1, 0.15) is 0 Å². The summed E-state index contributed by atoms with van der Waals surface area (Å²) in [6, 6.07) is 11.9. The van der Waals surface area contributed by atoms with Crippen molar-refractivity contribution >= 4 is 11.6 Å². The van der Waals surface area contributed by atoms with Crippen LogP contribution in [0.15, 0.2) is 47.4 Å². The minimum atomic E-state index is -0.198. The summed E-state index contributed by atoms with van der Waals surface area (Å²) in [5, 5.41) is 2.85. The highest BCUT2D eigenvalue weighted by Gasteiger charge is 2.30. The number of carbonyl (C=O) groups is 1. The topological polar surface area (TPSA) is 70.5 Å². The van der Waals surface area contributed by atoms with Gasteiger partial charge in [0, 0.05) is 30.1 Å². The molecule has 1 fully saturated rings. The average molecular weight is 336 g/mol. The Hall–Kier alpha value is -2.89. The number of fused-ring (bicyclic) bond motifs is 1. The number of rotatable bonds is 3. The van der Waals surface area contributed by atoms with Crippen LogP contribution in [0.4, 0.5) is 0 Å². The summed E-state index contributed by atoms with van der Waals surface area (Å²) in [7, 11) is 0. The lowest BCUT2D eigenvalue weighted by Crippen LogP contribution is -2.34. The van der Waals surface area contributed by atoms with E-state index in [2.05, 4.69) is 22.2 Å². The quantitative estimate of drug-likeness (QED) is 0.797. The highest BCUT2D eigenvalue weighted by Crippen LogP contribution is 2.32. The van der Waals surface area contributed by atoms with Crippen molar-refractivity contribution in [3.05, 3.63) is 69.8 Å². The molecule has 3 heterocycles. The number of aromatic nitrogens is 3. The van der Waals surface area contributed by atoms with Gasteiger partial charge >= 0.3 is 0 Å². The molecule has 4 rings (SSSR count). The highest BCUT2D eigenvalue weighted by atomic mass is 16.2. The van der Waals surface area contributed by atoms with Crippen molar-refractivity contribution in [3.8, 4) is 0 Å². The van der Waals surface area contributed by atoms with Crippen molar-refractivity contribution < 1.29 is 4.79 Å². The number of nitrogens with one attached hydrogen (secondary N) is 1. The van der Waals surface area contributed by atoms with Gasteiger partial charge in [-0.25, -0.2) is 9.50 Å². The Labute approximate surface area is 145 Å². The van der Waals surface area contributed by atoms with E-state index in [0.717, 1.165) is 24.9 Å². The first kappa shape index (κ1) is 15.6. The standard InChI is InChI=1S/C19H20N4O2/c1-13-15(19(25)23-17(21-13)9-10-20-23)12-18(24)22-11-5-8-16(22)14-6-3-2-4-7-14/h2-4,6-7,9-10,16,20H,5,8,11-12H2,1H3/t16-/m1/s1. The van der Waals surface area contributed by atoms with Gasteiger partial charge in [-0.15, -0.1) is 0 Å². The molecule has 1 saturated heterocycles. The molecule has 3 aromatic rings. The summed E-state index contributed by atoms with van der Waals surface area (Å²) in [5.74, 6) is -0.0140. The van der Waals surface area contributed by atoms with Crippen LogP contribution in [0, 0.1) is 6.92 Å². The largest absolute Gasteiger partial charge is 0.335 e. The first-order valence-corrected chi connectivity index (χ1v) is 8.55. The number of amides is 1. The molecule has 1 aliphatic rings. The molecule has 25 heavy (non-hydrogen) atoms. The number of hydrogen-bond donors (Lipinski definition) is 1. The number of benzene rings is 1. The van der Waals surface area contributed by atoms with Crippen molar-refractivity contribution in [1.29, 1.82) is 0 Å². The Kier molecular flexibility index (Phi) is 3.87. The summed E-state index contributed by atoms with van der Waals surface area (Å²) in [4.78, 5) is 31.9. The normalized spacial score (nSPS) is 17.3. The molecule has 1 aliphatic heterocycles. The van der Waals surface area contributed by atoms with Gasteiger partial charge in [0.25, 0.3) is 5.56 Å². The lowest BCUT2D eigenvalue weighted by molar-refractivity contribution is -0.131. The second-order valence-electron chi connectivity index (χ2n) is 6.47. The molecule has 0 spiro atoms. The molecule has 1 N–H and O–H groups in total. The fourth-order valence-corrected chi connectivity index (χ4v) is 3.65. The van der Waals surface area contributed by atoms with E-state index in [-0.39, 0.29) is 23.9 Å². The Morgan fingerprint density at radius 1 is 1.28 bits per heavy atom. The van der Waals surface area contributed by atoms with Gasteiger partial charge in [-0.3, -0.25) is 14.7 Å².